The highest BCUT2D eigenvalue weighted by Gasteiger charge is 2.22. The van der Waals surface area contributed by atoms with Gasteiger partial charge in [0, 0.05) is 18.8 Å². The predicted octanol–water partition coefficient (Wildman–Crippen LogP) is 4.36. The van der Waals surface area contributed by atoms with Crippen LogP contribution < -0.4 is 5.32 Å². The van der Waals surface area contributed by atoms with Gasteiger partial charge in [-0.3, -0.25) is 4.79 Å². The lowest BCUT2D eigenvalue weighted by atomic mass is 10.1. The summed E-state index contributed by atoms with van der Waals surface area (Å²) in [6, 6.07) is 12.5. The summed E-state index contributed by atoms with van der Waals surface area (Å²) in [7, 11) is 0. The molecule has 0 aromatic heterocycles. The van der Waals surface area contributed by atoms with Crippen LogP contribution in [0, 0.1) is 28.8 Å². The van der Waals surface area contributed by atoms with Gasteiger partial charge < -0.3 is 10.2 Å². The van der Waals surface area contributed by atoms with E-state index in [4.69, 9.17) is 0 Å². The fourth-order valence-corrected chi connectivity index (χ4v) is 2.35. The Morgan fingerprint density at radius 3 is 2.41 bits per heavy atom. The van der Waals surface area contributed by atoms with E-state index in [-0.39, 0.29) is 23.8 Å². The Balaban J connectivity index is 2.23. The normalized spacial score (nSPS) is 11.2. The molecule has 0 saturated heterocycles. The summed E-state index contributed by atoms with van der Waals surface area (Å²) in [5.41, 5.74) is 0.216. The number of halogens is 3. The number of hydrogen-bond acceptors (Lipinski definition) is 3. The summed E-state index contributed by atoms with van der Waals surface area (Å²) >= 11 is 0. The highest BCUT2D eigenvalue weighted by atomic mass is 19.2. The van der Waals surface area contributed by atoms with Crippen LogP contribution in [0.5, 0.6) is 0 Å². The molecule has 0 aliphatic carbocycles. The van der Waals surface area contributed by atoms with E-state index in [0.29, 0.717) is 0 Å². The summed E-state index contributed by atoms with van der Waals surface area (Å²) in [6.07, 6.45) is 0.985. The number of anilines is 1. The minimum Gasteiger partial charge on any atom is -0.358 e. The quantitative estimate of drug-likeness (QED) is 0.465. The minimum atomic E-state index is -1.63. The number of benzene rings is 2. The van der Waals surface area contributed by atoms with Crippen molar-refractivity contribution in [1.82, 2.24) is 4.90 Å². The maximum Gasteiger partial charge on any atom is 0.266 e. The van der Waals surface area contributed by atoms with E-state index in [1.807, 2.05) is 30.3 Å². The predicted molar refractivity (Wildman–Crippen MR) is 95.8 cm³/mol. The third kappa shape index (κ3) is 4.88. The number of carbonyl (C=O) groups excluding carboxylic acids is 1. The summed E-state index contributed by atoms with van der Waals surface area (Å²) in [4.78, 5) is 14.2. The summed E-state index contributed by atoms with van der Waals surface area (Å²) in [5, 5.41) is 11.7. The first kappa shape index (κ1) is 20.0. The lowest BCUT2D eigenvalue weighted by Gasteiger charge is -2.26. The molecule has 4 nitrogen and oxygen atoms in total. The third-order valence-electron chi connectivity index (χ3n) is 3.84. The smallest absolute Gasteiger partial charge is 0.266 e. The first-order chi connectivity index (χ1) is 12.8. The van der Waals surface area contributed by atoms with Crippen LogP contribution in [0.1, 0.15) is 19.4 Å². The van der Waals surface area contributed by atoms with Crippen LogP contribution in [0.15, 0.2) is 54.2 Å². The van der Waals surface area contributed by atoms with Gasteiger partial charge in [-0.2, -0.15) is 5.26 Å². The number of rotatable bonds is 6. The fraction of sp³-hybridized carbons (Fsp3) is 0.200. The fourth-order valence-electron chi connectivity index (χ4n) is 2.35. The maximum atomic E-state index is 13.7. The van der Waals surface area contributed by atoms with E-state index in [0.717, 1.165) is 23.9 Å². The summed E-state index contributed by atoms with van der Waals surface area (Å²) in [5.74, 6) is -4.95. The Morgan fingerprint density at radius 1 is 1.15 bits per heavy atom. The Labute approximate surface area is 155 Å². The van der Waals surface area contributed by atoms with Gasteiger partial charge in [-0.15, -0.1) is 0 Å². The van der Waals surface area contributed by atoms with Crippen molar-refractivity contribution in [1.29, 1.82) is 5.26 Å². The average molecular weight is 373 g/mol. The lowest BCUT2D eigenvalue weighted by molar-refractivity contribution is -0.129. The maximum absolute atomic E-state index is 13.7. The van der Waals surface area contributed by atoms with Gasteiger partial charge in [-0.1, -0.05) is 30.3 Å². The van der Waals surface area contributed by atoms with Gasteiger partial charge in [0.2, 0.25) is 0 Å². The van der Waals surface area contributed by atoms with Crippen molar-refractivity contribution in [2.45, 2.75) is 26.4 Å². The van der Waals surface area contributed by atoms with Crippen LogP contribution in [0.3, 0.4) is 0 Å². The lowest BCUT2D eigenvalue weighted by Crippen LogP contribution is -2.37. The number of nitriles is 1. The topological polar surface area (TPSA) is 56.1 Å². The minimum absolute atomic E-state index is 0.200. The molecule has 0 bridgehead atoms. The van der Waals surface area contributed by atoms with Crippen molar-refractivity contribution in [2.75, 3.05) is 5.32 Å². The molecule has 0 aliphatic rings. The van der Waals surface area contributed by atoms with E-state index in [1.165, 1.54) is 4.90 Å². The average Bonchev–Trinajstić information content (AvgIpc) is 2.66. The van der Waals surface area contributed by atoms with Gasteiger partial charge in [-0.05, 0) is 31.5 Å². The van der Waals surface area contributed by atoms with Crippen molar-refractivity contribution >= 4 is 11.6 Å². The second-order valence-corrected chi connectivity index (χ2v) is 6.05. The molecular weight excluding hydrogens is 355 g/mol. The molecule has 1 N–H and O–H groups in total. The molecule has 0 spiro atoms. The van der Waals surface area contributed by atoms with Crippen molar-refractivity contribution in [3.63, 3.8) is 0 Å². The molecule has 0 atom stereocenters. The van der Waals surface area contributed by atoms with Crippen LogP contribution in [0.4, 0.5) is 18.9 Å². The van der Waals surface area contributed by atoms with Crippen molar-refractivity contribution < 1.29 is 18.0 Å². The summed E-state index contributed by atoms with van der Waals surface area (Å²) < 4.78 is 40.0. The standard InChI is InChI=1S/C20H18F3N3O/c1-13(2)26(12-14-6-4-3-5-7-14)20(27)15(10-24)11-25-17-9-8-16(21)18(22)19(17)23/h3-9,11,13,25H,12H2,1-2H3/b15-11-. The molecule has 2 aromatic carbocycles. The van der Waals surface area contributed by atoms with Crippen LogP contribution in [0.2, 0.25) is 0 Å². The van der Waals surface area contributed by atoms with Gasteiger partial charge in [0.1, 0.15) is 11.6 Å². The van der Waals surface area contributed by atoms with Crippen LogP contribution in [-0.2, 0) is 11.3 Å². The molecular formula is C20H18F3N3O. The number of amides is 1. The first-order valence-electron chi connectivity index (χ1n) is 8.20. The number of nitrogens with zero attached hydrogens (tertiary/aromatic N) is 2. The Kier molecular flexibility index (Phi) is 6.61. The molecule has 0 heterocycles. The Hall–Kier alpha value is -3.27. The van der Waals surface area contributed by atoms with E-state index in [1.54, 1.807) is 19.9 Å². The molecule has 140 valence electrons. The molecule has 2 aromatic rings. The zero-order valence-electron chi connectivity index (χ0n) is 14.8. The molecule has 1 amide bonds. The van der Waals surface area contributed by atoms with Crippen molar-refractivity contribution in [2.24, 2.45) is 0 Å². The van der Waals surface area contributed by atoms with Crippen LogP contribution in [0.25, 0.3) is 0 Å². The SMILES string of the molecule is CC(C)N(Cc1ccccc1)C(=O)/C(C#N)=C\Nc1ccc(F)c(F)c1F. The zero-order valence-corrected chi connectivity index (χ0v) is 14.8. The van der Waals surface area contributed by atoms with E-state index in [9.17, 15) is 23.2 Å². The van der Waals surface area contributed by atoms with Gasteiger partial charge in [-0.25, -0.2) is 13.2 Å². The molecule has 0 aliphatic heterocycles. The summed E-state index contributed by atoms with van der Waals surface area (Å²) in [6.45, 7) is 3.90. The highest BCUT2D eigenvalue weighted by Crippen LogP contribution is 2.20. The Bertz CT molecular complexity index is 889. The van der Waals surface area contributed by atoms with E-state index >= 15 is 0 Å². The third-order valence-corrected chi connectivity index (χ3v) is 3.84. The molecule has 0 radical (unpaired) electrons. The monoisotopic (exact) mass is 373 g/mol. The van der Waals surface area contributed by atoms with E-state index < -0.39 is 23.4 Å². The highest BCUT2D eigenvalue weighted by molar-refractivity contribution is 5.97. The van der Waals surface area contributed by atoms with E-state index in [2.05, 4.69) is 5.32 Å². The van der Waals surface area contributed by atoms with Gasteiger partial charge in [0.25, 0.3) is 5.91 Å². The first-order valence-corrected chi connectivity index (χ1v) is 8.20. The van der Waals surface area contributed by atoms with Crippen LogP contribution >= 0.6 is 0 Å². The van der Waals surface area contributed by atoms with Gasteiger partial charge >= 0.3 is 0 Å². The molecule has 0 fully saturated rings. The number of carbonyl (C=O) groups is 1. The zero-order chi connectivity index (χ0) is 20.0. The van der Waals surface area contributed by atoms with Gasteiger partial charge in [0.05, 0.1) is 5.69 Å². The number of nitrogens with one attached hydrogen (secondary N) is 1. The molecule has 2 rings (SSSR count). The van der Waals surface area contributed by atoms with Crippen LogP contribution in [-0.4, -0.2) is 16.8 Å². The Morgan fingerprint density at radius 2 is 1.81 bits per heavy atom. The second-order valence-electron chi connectivity index (χ2n) is 6.05. The molecule has 27 heavy (non-hydrogen) atoms. The van der Waals surface area contributed by atoms with Gasteiger partial charge in [0.15, 0.2) is 17.5 Å². The van der Waals surface area contributed by atoms with Crippen molar-refractivity contribution in [3.8, 4) is 6.07 Å². The second kappa shape index (κ2) is 8.90. The molecule has 0 saturated carbocycles. The molecule has 0 unspecified atom stereocenters. The van der Waals surface area contributed by atoms with Crippen molar-refractivity contribution in [3.05, 3.63) is 77.3 Å². The largest absolute Gasteiger partial charge is 0.358 e. The number of hydrogen-bond donors (Lipinski definition) is 1. The molecule has 7 heteroatoms.